The Hall–Kier alpha value is -4.14. The number of benzene rings is 1. The fraction of sp³-hybridized carbons (Fsp3) is 0.618. The molecule has 5 atom stereocenters. The molecule has 5 unspecified atom stereocenters. The van der Waals surface area contributed by atoms with Crippen molar-refractivity contribution in [3.05, 3.63) is 48.6 Å². The highest BCUT2D eigenvalue weighted by Gasteiger charge is 2.62. The number of amides is 5. The van der Waals surface area contributed by atoms with Crippen LogP contribution in [-0.4, -0.2) is 90.9 Å². The van der Waals surface area contributed by atoms with E-state index in [9.17, 15) is 32.4 Å². The molecule has 2 aliphatic carbocycles. The molecule has 1 aliphatic heterocycles. The minimum absolute atomic E-state index is 0.107. The standard InChI is InChI=1S/C34H49N5O9S/c1-8-22-19-34(22,29(42)38-49(45,46)24-14-15-24)37-27(40)25-18-23(47-30(43)35-17-16-21-12-10-9-11-13-21)20-39(25)28(41)26(32(2,3)4)36-31(44)48-33(5,6)7/h8-13,22-26H,1,14-20H2,2-7H3,(H,35,43)(H,36,44)(H,37,40)(H,38,42). The Morgan fingerprint density at radius 1 is 1.04 bits per heavy atom. The van der Waals surface area contributed by atoms with Crippen molar-refractivity contribution >= 4 is 39.9 Å². The third kappa shape index (κ3) is 9.73. The zero-order valence-corrected chi connectivity index (χ0v) is 29.9. The molecule has 1 aromatic carbocycles. The van der Waals surface area contributed by atoms with E-state index in [0.29, 0.717) is 25.8 Å². The van der Waals surface area contributed by atoms with Gasteiger partial charge in [-0.1, -0.05) is 57.2 Å². The zero-order chi connectivity index (χ0) is 36.4. The highest BCUT2D eigenvalue weighted by molar-refractivity contribution is 7.91. The fourth-order valence-electron chi connectivity index (χ4n) is 5.78. The molecule has 15 heteroatoms. The number of nitrogens with one attached hydrogen (secondary N) is 4. The molecular weight excluding hydrogens is 654 g/mol. The minimum atomic E-state index is -3.91. The number of sulfonamides is 1. The summed E-state index contributed by atoms with van der Waals surface area (Å²) >= 11 is 0. The van der Waals surface area contributed by atoms with Crippen molar-refractivity contribution < 1.29 is 41.9 Å². The average molecular weight is 704 g/mol. The number of carbonyl (C=O) groups is 5. The SMILES string of the molecule is C=CC1CC1(NC(=O)C1CC(OC(=O)NCCc2ccccc2)CN1C(=O)C(NC(=O)OC(C)(C)C)C(C)(C)C)C(=O)NS(=O)(=O)C1CC1. The van der Waals surface area contributed by atoms with Crippen LogP contribution in [0.3, 0.4) is 0 Å². The molecule has 0 bridgehead atoms. The van der Waals surface area contributed by atoms with Crippen LogP contribution in [0.15, 0.2) is 43.0 Å². The van der Waals surface area contributed by atoms with Crippen molar-refractivity contribution in [3.8, 4) is 0 Å². The molecule has 5 amide bonds. The van der Waals surface area contributed by atoms with Crippen LogP contribution in [0.2, 0.25) is 0 Å². The third-order valence-electron chi connectivity index (χ3n) is 8.67. The topological polar surface area (TPSA) is 189 Å². The van der Waals surface area contributed by atoms with Crippen molar-refractivity contribution in [2.45, 2.75) is 108 Å². The van der Waals surface area contributed by atoms with Gasteiger partial charge in [0.05, 0.1) is 11.8 Å². The maximum absolute atomic E-state index is 14.2. The number of rotatable bonds is 12. The normalized spacial score (nSPS) is 24.2. The second-order valence-corrected chi connectivity index (χ2v) is 17.0. The molecule has 1 heterocycles. The lowest BCUT2D eigenvalue weighted by atomic mass is 9.85. The lowest BCUT2D eigenvalue weighted by molar-refractivity contribution is -0.143. The molecule has 2 saturated carbocycles. The Labute approximate surface area is 288 Å². The van der Waals surface area contributed by atoms with Gasteiger partial charge in [-0.25, -0.2) is 18.0 Å². The lowest BCUT2D eigenvalue weighted by Crippen LogP contribution is -2.60. The van der Waals surface area contributed by atoms with E-state index in [1.54, 1.807) is 41.5 Å². The molecule has 49 heavy (non-hydrogen) atoms. The highest BCUT2D eigenvalue weighted by atomic mass is 32.2. The van der Waals surface area contributed by atoms with Crippen LogP contribution in [-0.2, 0) is 40.3 Å². The van der Waals surface area contributed by atoms with Gasteiger partial charge in [0.1, 0.15) is 29.3 Å². The number of ether oxygens (including phenoxy) is 2. The van der Waals surface area contributed by atoms with Crippen LogP contribution in [0.25, 0.3) is 0 Å². The van der Waals surface area contributed by atoms with Gasteiger partial charge in [-0.15, -0.1) is 6.58 Å². The molecule has 0 aromatic heterocycles. The molecule has 4 rings (SSSR count). The van der Waals surface area contributed by atoms with Crippen LogP contribution >= 0.6 is 0 Å². The first-order valence-electron chi connectivity index (χ1n) is 16.5. The van der Waals surface area contributed by atoms with Gasteiger partial charge in [0.15, 0.2) is 0 Å². The second kappa shape index (κ2) is 14.4. The van der Waals surface area contributed by atoms with Crippen molar-refractivity contribution in [2.24, 2.45) is 11.3 Å². The van der Waals surface area contributed by atoms with Crippen molar-refractivity contribution in [1.29, 1.82) is 0 Å². The van der Waals surface area contributed by atoms with Crippen molar-refractivity contribution in [3.63, 3.8) is 0 Å². The maximum atomic E-state index is 14.2. The Bertz CT molecular complexity index is 1550. The van der Waals surface area contributed by atoms with Crippen LogP contribution in [0.5, 0.6) is 0 Å². The van der Waals surface area contributed by atoms with Gasteiger partial charge in [0, 0.05) is 18.9 Å². The molecule has 270 valence electrons. The number of alkyl carbamates (subject to hydrolysis) is 2. The van der Waals surface area contributed by atoms with Gasteiger partial charge in [-0.05, 0) is 57.4 Å². The van der Waals surface area contributed by atoms with Gasteiger partial charge in [0.25, 0.3) is 5.91 Å². The molecule has 14 nitrogen and oxygen atoms in total. The Morgan fingerprint density at radius 2 is 1.69 bits per heavy atom. The number of carbonyl (C=O) groups excluding carboxylic acids is 5. The molecule has 0 radical (unpaired) electrons. The van der Waals surface area contributed by atoms with Crippen LogP contribution < -0.4 is 20.7 Å². The predicted octanol–water partition coefficient (Wildman–Crippen LogP) is 2.53. The summed E-state index contributed by atoms with van der Waals surface area (Å²) in [6, 6.07) is 7.16. The largest absolute Gasteiger partial charge is 0.444 e. The Kier molecular flexibility index (Phi) is 11.1. The van der Waals surface area contributed by atoms with E-state index in [-0.39, 0.29) is 19.4 Å². The molecule has 3 fully saturated rings. The second-order valence-electron chi connectivity index (χ2n) is 15.1. The summed E-state index contributed by atoms with van der Waals surface area (Å²) in [6.07, 6.45) is 0.451. The van der Waals surface area contributed by atoms with Gasteiger partial charge >= 0.3 is 12.2 Å². The van der Waals surface area contributed by atoms with E-state index < -0.39 is 85.8 Å². The van der Waals surface area contributed by atoms with Crippen LogP contribution in [0, 0.1) is 11.3 Å². The summed E-state index contributed by atoms with van der Waals surface area (Å²) in [6.45, 7) is 14.1. The van der Waals surface area contributed by atoms with Crippen molar-refractivity contribution in [1.82, 2.24) is 25.6 Å². The zero-order valence-electron chi connectivity index (χ0n) is 29.0. The smallest absolute Gasteiger partial charge is 0.408 e. The molecular formula is C34H49N5O9S. The van der Waals surface area contributed by atoms with Gasteiger partial charge in [-0.2, -0.15) is 0 Å². The van der Waals surface area contributed by atoms with E-state index >= 15 is 0 Å². The average Bonchev–Trinajstić information content (AvgIpc) is 3.91. The van der Waals surface area contributed by atoms with Crippen LogP contribution in [0.4, 0.5) is 9.59 Å². The quantitative estimate of drug-likeness (QED) is 0.237. The number of hydrogen-bond acceptors (Lipinski definition) is 9. The summed E-state index contributed by atoms with van der Waals surface area (Å²) in [5, 5.41) is 7.38. The first kappa shape index (κ1) is 37.7. The van der Waals surface area contributed by atoms with Gasteiger partial charge in [0.2, 0.25) is 21.8 Å². The molecule has 0 spiro atoms. The molecule has 4 N–H and O–H groups in total. The Morgan fingerprint density at radius 3 is 2.24 bits per heavy atom. The van der Waals surface area contributed by atoms with Crippen LogP contribution in [0.1, 0.15) is 72.8 Å². The maximum Gasteiger partial charge on any atom is 0.408 e. The predicted molar refractivity (Wildman–Crippen MR) is 180 cm³/mol. The number of likely N-dealkylation sites (tertiary alicyclic amines) is 1. The summed E-state index contributed by atoms with van der Waals surface area (Å²) in [5.74, 6) is -2.79. The van der Waals surface area contributed by atoms with Gasteiger partial charge < -0.3 is 30.3 Å². The summed E-state index contributed by atoms with van der Waals surface area (Å²) < 4.78 is 38.3. The molecule has 1 aromatic rings. The van der Waals surface area contributed by atoms with E-state index in [2.05, 4.69) is 27.3 Å². The van der Waals surface area contributed by atoms with Gasteiger partial charge in [-0.3, -0.25) is 19.1 Å². The first-order valence-corrected chi connectivity index (χ1v) is 18.1. The van der Waals surface area contributed by atoms with E-state index in [1.807, 2.05) is 30.3 Å². The molecule has 3 aliphatic rings. The van der Waals surface area contributed by atoms with E-state index in [0.717, 1.165) is 5.56 Å². The fourth-order valence-corrected chi connectivity index (χ4v) is 7.14. The van der Waals surface area contributed by atoms with E-state index in [1.165, 1.54) is 11.0 Å². The monoisotopic (exact) mass is 703 g/mol. The molecule has 1 saturated heterocycles. The first-order chi connectivity index (χ1) is 22.8. The Balaban J connectivity index is 1.53. The lowest BCUT2D eigenvalue weighted by Gasteiger charge is -2.36. The number of hydrogen-bond donors (Lipinski definition) is 4. The van der Waals surface area contributed by atoms with Crippen molar-refractivity contribution in [2.75, 3.05) is 13.1 Å². The third-order valence-corrected chi connectivity index (χ3v) is 10.5. The van der Waals surface area contributed by atoms with E-state index in [4.69, 9.17) is 9.47 Å². The minimum Gasteiger partial charge on any atom is -0.444 e. The summed E-state index contributed by atoms with van der Waals surface area (Å²) in [5.41, 5.74) is -2.25. The highest BCUT2D eigenvalue weighted by Crippen LogP contribution is 2.45. The summed E-state index contributed by atoms with van der Waals surface area (Å²) in [4.78, 5) is 68.4. The number of nitrogens with zero attached hydrogens (tertiary/aromatic N) is 1. The summed E-state index contributed by atoms with van der Waals surface area (Å²) in [7, 11) is -3.91.